The van der Waals surface area contributed by atoms with Crippen molar-refractivity contribution in [2.75, 3.05) is 0 Å². The van der Waals surface area contributed by atoms with Crippen LogP contribution in [-0.4, -0.2) is 0 Å². The van der Waals surface area contributed by atoms with Crippen molar-refractivity contribution in [1.82, 2.24) is 0 Å². The Morgan fingerprint density at radius 1 is 0.318 bits per heavy atom. The van der Waals surface area contributed by atoms with Crippen molar-refractivity contribution in [2.45, 2.75) is 6.42 Å². The average Bonchev–Trinajstić information content (AvgIpc) is 3.67. The molecular weight excluding hydrogens is 532 g/mol. The van der Waals surface area contributed by atoms with E-state index in [4.69, 9.17) is 4.42 Å². The van der Waals surface area contributed by atoms with Crippen LogP contribution in [0.25, 0.3) is 77.6 Å². The summed E-state index contributed by atoms with van der Waals surface area (Å²) in [6.07, 6.45) is 1.00. The molecule has 1 heteroatoms. The predicted octanol–water partition coefficient (Wildman–Crippen LogP) is 11.8. The van der Waals surface area contributed by atoms with Crippen LogP contribution in [0.15, 0.2) is 162 Å². The lowest BCUT2D eigenvalue weighted by molar-refractivity contribution is 0.671. The fraction of sp³-hybridized carbons (Fsp3) is 0.0233. The molecular formula is C43H28O. The monoisotopic (exact) mass is 560 g/mol. The van der Waals surface area contributed by atoms with Gasteiger partial charge in [0, 0.05) is 21.9 Å². The van der Waals surface area contributed by atoms with Crippen LogP contribution < -0.4 is 0 Å². The van der Waals surface area contributed by atoms with E-state index in [1.165, 1.54) is 50.1 Å². The van der Waals surface area contributed by atoms with Crippen molar-refractivity contribution in [3.8, 4) is 55.6 Å². The Bertz CT molecular complexity index is 2340. The van der Waals surface area contributed by atoms with Gasteiger partial charge in [-0.1, -0.05) is 146 Å². The molecule has 0 unspecified atom stereocenters. The fourth-order valence-corrected chi connectivity index (χ4v) is 6.92. The highest BCUT2D eigenvalue weighted by molar-refractivity contribution is 6.13. The zero-order valence-electron chi connectivity index (χ0n) is 24.1. The number of furan rings is 1. The van der Waals surface area contributed by atoms with Gasteiger partial charge in [0.15, 0.2) is 0 Å². The van der Waals surface area contributed by atoms with Crippen molar-refractivity contribution < 1.29 is 4.42 Å². The van der Waals surface area contributed by atoms with Gasteiger partial charge in [-0.3, -0.25) is 0 Å². The summed E-state index contributed by atoms with van der Waals surface area (Å²) in [6.45, 7) is 0. The third kappa shape index (κ3) is 4.01. The highest BCUT2D eigenvalue weighted by Gasteiger charge is 2.20. The van der Waals surface area contributed by atoms with Crippen LogP contribution in [0, 0.1) is 0 Å². The Labute approximate surface area is 256 Å². The molecule has 0 radical (unpaired) electrons. The highest BCUT2D eigenvalue weighted by Crippen LogP contribution is 2.43. The van der Waals surface area contributed by atoms with Crippen molar-refractivity contribution in [3.05, 3.63) is 169 Å². The van der Waals surface area contributed by atoms with Crippen LogP contribution in [0.3, 0.4) is 0 Å². The van der Waals surface area contributed by atoms with Crippen LogP contribution in [0.5, 0.6) is 0 Å². The SMILES string of the molecule is c1ccc(-c2ccc(-c3cccc(-c4cccc5c4oc4c(-c6ccc7c(c6)-c6ccccc6C7)cccc45)c3)cc2)cc1. The number of hydrogen-bond acceptors (Lipinski definition) is 1. The van der Waals surface area contributed by atoms with E-state index in [-0.39, 0.29) is 0 Å². The molecule has 1 aliphatic rings. The summed E-state index contributed by atoms with van der Waals surface area (Å²) in [6, 6.07) is 56.8. The fourth-order valence-electron chi connectivity index (χ4n) is 6.92. The molecule has 0 aliphatic heterocycles. The first-order valence-electron chi connectivity index (χ1n) is 15.2. The molecule has 44 heavy (non-hydrogen) atoms. The number of hydrogen-bond donors (Lipinski definition) is 0. The molecule has 7 aromatic carbocycles. The van der Waals surface area contributed by atoms with Gasteiger partial charge in [0.1, 0.15) is 11.2 Å². The number of benzene rings is 7. The first kappa shape index (κ1) is 24.9. The maximum absolute atomic E-state index is 6.82. The molecule has 0 N–H and O–H groups in total. The van der Waals surface area contributed by atoms with Crippen molar-refractivity contribution in [2.24, 2.45) is 0 Å². The lowest BCUT2D eigenvalue weighted by Crippen LogP contribution is -1.83. The molecule has 0 saturated carbocycles. The van der Waals surface area contributed by atoms with Crippen LogP contribution >= 0.6 is 0 Å². The summed E-state index contributed by atoms with van der Waals surface area (Å²) >= 11 is 0. The molecule has 0 atom stereocenters. The Morgan fingerprint density at radius 3 is 1.57 bits per heavy atom. The second kappa shape index (κ2) is 9.97. The normalized spacial score (nSPS) is 12.0. The van der Waals surface area contributed by atoms with Gasteiger partial charge in [-0.05, 0) is 74.2 Å². The standard InChI is InChI=1S/C43H28O/c1-2-9-28(10-3-1)29-19-21-30(22-20-29)31-12-6-13-33(25-31)37-15-7-17-39-40-18-8-16-38(43(40)44-42(37)39)35-24-23-34-26-32-11-4-5-14-36(32)41(34)27-35/h1-25,27H,26H2. The lowest BCUT2D eigenvalue weighted by Gasteiger charge is -2.08. The molecule has 1 nitrogen and oxygen atoms in total. The molecule has 1 heterocycles. The smallest absolute Gasteiger partial charge is 0.143 e. The Balaban J connectivity index is 1.13. The van der Waals surface area contributed by atoms with Crippen LogP contribution in [-0.2, 0) is 6.42 Å². The first-order chi connectivity index (χ1) is 21.8. The zero-order chi connectivity index (χ0) is 29.0. The van der Waals surface area contributed by atoms with Crippen molar-refractivity contribution >= 4 is 21.9 Å². The first-order valence-corrected chi connectivity index (χ1v) is 15.2. The Morgan fingerprint density at radius 2 is 0.818 bits per heavy atom. The summed E-state index contributed by atoms with van der Waals surface area (Å²) < 4.78 is 6.82. The van der Waals surface area contributed by atoms with Gasteiger partial charge in [0.05, 0.1) is 0 Å². The topological polar surface area (TPSA) is 13.1 Å². The van der Waals surface area contributed by atoms with Crippen molar-refractivity contribution in [3.63, 3.8) is 0 Å². The molecule has 1 aliphatic carbocycles. The van der Waals surface area contributed by atoms with Gasteiger partial charge >= 0.3 is 0 Å². The second-order valence-electron chi connectivity index (χ2n) is 11.7. The minimum Gasteiger partial charge on any atom is -0.455 e. The number of para-hydroxylation sites is 2. The summed E-state index contributed by atoms with van der Waals surface area (Å²) in [7, 11) is 0. The molecule has 206 valence electrons. The van der Waals surface area contributed by atoms with Gasteiger partial charge in [0.2, 0.25) is 0 Å². The number of rotatable bonds is 4. The quantitative estimate of drug-likeness (QED) is 0.209. The van der Waals surface area contributed by atoms with Crippen LogP contribution in [0.4, 0.5) is 0 Å². The highest BCUT2D eigenvalue weighted by atomic mass is 16.3. The van der Waals surface area contributed by atoms with E-state index in [0.717, 1.165) is 45.0 Å². The second-order valence-corrected chi connectivity index (χ2v) is 11.7. The van der Waals surface area contributed by atoms with Gasteiger partial charge in [0.25, 0.3) is 0 Å². The van der Waals surface area contributed by atoms with Crippen LogP contribution in [0.2, 0.25) is 0 Å². The molecule has 0 saturated heterocycles. The van der Waals surface area contributed by atoms with E-state index < -0.39 is 0 Å². The third-order valence-corrected chi connectivity index (χ3v) is 9.13. The summed E-state index contributed by atoms with van der Waals surface area (Å²) in [5, 5.41) is 2.29. The Hall–Kier alpha value is -5.66. The molecule has 0 spiro atoms. The van der Waals surface area contributed by atoms with E-state index in [2.05, 4.69) is 158 Å². The molecule has 1 aromatic heterocycles. The summed E-state index contributed by atoms with van der Waals surface area (Å²) in [5.74, 6) is 0. The largest absolute Gasteiger partial charge is 0.455 e. The third-order valence-electron chi connectivity index (χ3n) is 9.13. The molecule has 0 amide bonds. The van der Waals surface area contributed by atoms with Gasteiger partial charge < -0.3 is 4.42 Å². The van der Waals surface area contributed by atoms with Gasteiger partial charge in [-0.15, -0.1) is 0 Å². The van der Waals surface area contributed by atoms with Gasteiger partial charge in [-0.25, -0.2) is 0 Å². The minimum atomic E-state index is 0.929. The predicted molar refractivity (Wildman–Crippen MR) is 184 cm³/mol. The van der Waals surface area contributed by atoms with Gasteiger partial charge in [-0.2, -0.15) is 0 Å². The maximum Gasteiger partial charge on any atom is 0.143 e. The van der Waals surface area contributed by atoms with E-state index in [0.29, 0.717) is 0 Å². The summed E-state index contributed by atoms with van der Waals surface area (Å²) in [5.41, 5.74) is 16.8. The van der Waals surface area contributed by atoms with E-state index in [1.54, 1.807) is 0 Å². The van der Waals surface area contributed by atoms with E-state index >= 15 is 0 Å². The molecule has 9 rings (SSSR count). The summed E-state index contributed by atoms with van der Waals surface area (Å²) in [4.78, 5) is 0. The number of fused-ring (bicyclic) bond motifs is 6. The minimum absolute atomic E-state index is 0.929. The van der Waals surface area contributed by atoms with E-state index in [9.17, 15) is 0 Å². The van der Waals surface area contributed by atoms with Crippen molar-refractivity contribution in [1.29, 1.82) is 0 Å². The molecule has 0 fully saturated rings. The molecule has 8 aromatic rings. The zero-order valence-corrected chi connectivity index (χ0v) is 24.1. The van der Waals surface area contributed by atoms with Crippen LogP contribution in [0.1, 0.15) is 11.1 Å². The Kier molecular flexibility index (Phi) is 5.64. The average molecular weight is 561 g/mol. The lowest BCUT2D eigenvalue weighted by atomic mass is 9.95. The van der Waals surface area contributed by atoms with E-state index in [1.807, 2.05) is 0 Å². The molecule has 0 bridgehead atoms. The maximum atomic E-state index is 6.82.